The summed E-state index contributed by atoms with van der Waals surface area (Å²) in [5, 5.41) is 13.9. The van der Waals surface area contributed by atoms with Crippen LogP contribution >= 0.6 is 7.82 Å². The summed E-state index contributed by atoms with van der Waals surface area (Å²) in [5.41, 5.74) is 0. The molecule has 0 aromatic carbocycles. The second kappa shape index (κ2) is 62.7. The number of aliphatic hydroxyl groups excluding tert-OH is 1. The highest BCUT2D eigenvalue weighted by molar-refractivity contribution is 7.45. The van der Waals surface area contributed by atoms with E-state index in [-0.39, 0.29) is 12.5 Å². The first-order chi connectivity index (χ1) is 40.0. The number of nitrogens with one attached hydrogen (secondary N) is 1. The number of aliphatic hydroxyl groups is 1. The van der Waals surface area contributed by atoms with Gasteiger partial charge in [-0.15, -0.1) is 0 Å². The molecule has 0 aliphatic rings. The van der Waals surface area contributed by atoms with E-state index in [2.05, 4.69) is 116 Å². The first-order valence-corrected chi connectivity index (χ1v) is 35.7. The molecule has 0 heterocycles. The second-order valence-corrected chi connectivity index (χ2v) is 25.6. The molecule has 82 heavy (non-hydrogen) atoms. The lowest BCUT2D eigenvalue weighted by atomic mass is 10.0. The molecule has 0 spiro atoms. The highest BCUT2D eigenvalue weighted by Gasteiger charge is 2.23. The van der Waals surface area contributed by atoms with Gasteiger partial charge in [-0.1, -0.05) is 316 Å². The van der Waals surface area contributed by atoms with Gasteiger partial charge in [-0.3, -0.25) is 9.36 Å². The minimum Gasteiger partial charge on any atom is -0.756 e. The molecule has 0 saturated heterocycles. The average Bonchev–Trinajstić information content (AvgIpc) is 3.47. The molecular formula is C73H131N2O6P. The second-order valence-electron chi connectivity index (χ2n) is 24.2. The standard InChI is InChI=1S/C73H131N2O6P/c1-6-8-10-12-14-16-18-20-22-24-26-28-30-32-34-36-37-39-40-42-44-46-48-50-52-54-56-58-60-62-64-66-72(76)71(70-81-82(78,79)80-69-68-75(3,4)5)74-73(77)67-65-63-61-59-57-55-53-51-49-47-45-43-41-38-35-33-31-29-27-25-23-21-19-17-15-13-11-9-7-2/h9,11,15,17,21,23,27,29,33,35,41,43,47,49,53,55,64,66,71-72,76H,6-8,10,12-14,16,18-20,22,24-26,28,30-32,34,36-40,42,44-46,48,50-52,54,56-63,65,67-70H2,1-5H3,(H-,74,77,78,79)/b11-9-,17-15-,23-21-,29-27-,35-33-,43-41-,49-47-,55-53-,66-64+. The van der Waals surface area contributed by atoms with Crippen molar-refractivity contribution in [3.63, 3.8) is 0 Å². The molecule has 0 aromatic rings. The fraction of sp³-hybridized carbons (Fsp3) is 0.740. The van der Waals surface area contributed by atoms with Crippen molar-refractivity contribution in [3.05, 3.63) is 109 Å². The van der Waals surface area contributed by atoms with E-state index in [1.54, 1.807) is 6.08 Å². The van der Waals surface area contributed by atoms with Crippen LogP contribution in [0.15, 0.2) is 109 Å². The number of phosphoric acid groups is 1. The van der Waals surface area contributed by atoms with Crippen LogP contribution in [0.5, 0.6) is 0 Å². The average molecular weight is 1160 g/mol. The molecule has 0 aromatic heterocycles. The lowest BCUT2D eigenvalue weighted by Gasteiger charge is -2.29. The molecule has 3 unspecified atom stereocenters. The van der Waals surface area contributed by atoms with E-state index in [1.807, 2.05) is 27.2 Å². The van der Waals surface area contributed by atoms with Crippen LogP contribution in [0.1, 0.15) is 296 Å². The van der Waals surface area contributed by atoms with Gasteiger partial charge in [0.15, 0.2) is 0 Å². The number of likely N-dealkylation sites (N-methyl/N-ethyl adjacent to an activating group) is 1. The van der Waals surface area contributed by atoms with Crippen molar-refractivity contribution in [1.82, 2.24) is 5.32 Å². The zero-order valence-electron chi connectivity index (χ0n) is 54.2. The number of phosphoric ester groups is 1. The maximum Gasteiger partial charge on any atom is 0.268 e. The maximum atomic E-state index is 13.0. The summed E-state index contributed by atoms with van der Waals surface area (Å²) in [6, 6.07) is -0.911. The van der Waals surface area contributed by atoms with Crippen LogP contribution in [0.4, 0.5) is 0 Å². The molecule has 474 valence electrons. The van der Waals surface area contributed by atoms with Gasteiger partial charge in [0.2, 0.25) is 5.91 Å². The van der Waals surface area contributed by atoms with E-state index in [0.717, 1.165) is 103 Å². The summed E-state index contributed by atoms with van der Waals surface area (Å²) < 4.78 is 23.4. The molecule has 0 bridgehead atoms. The lowest BCUT2D eigenvalue weighted by Crippen LogP contribution is -2.45. The van der Waals surface area contributed by atoms with Crippen molar-refractivity contribution in [2.45, 2.75) is 309 Å². The van der Waals surface area contributed by atoms with Crippen molar-refractivity contribution in [2.75, 3.05) is 40.9 Å². The smallest absolute Gasteiger partial charge is 0.268 e. The minimum absolute atomic E-state index is 0.0119. The Hall–Kier alpha value is -2.84. The predicted octanol–water partition coefficient (Wildman–Crippen LogP) is 21.2. The van der Waals surface area contributed by atoms with E-state index < -0.39 is 26.6 Å². The van der Waals surface area contributed by atoms with Gasteiger partial charge in [0.1, 0.15) is 13.2 Å². The van der Waals surface area contributed by atoms with Gasteiger partial charge in [-0.2, -0.15) is 0 Å². The molecule has 0 aliphatic heterocycles. The minimum atomic E-state index is -4.62. The van der Waals surface area contributed by atoms with Gasteiger partial charge in [0.25, 0.3) is 7.82 Å². The fourth-order valence-electron chi connectivity index (χ4n) is 9.70. The van der Waals surface area contributed by atoms with Gasteiger partial charge in [-0.05, 0) is 83.5 Å². The SMILES string of the molecule is CC/C=C\C/C=C\C/C=C\C/C=C\C/C=C\C/C=C\C/C=C\C/C=C\CCCCCCC(=O)NC(COP(=O)([O-])OCC[N+](C)(C)C)C(O)/C=C/CCCCCCCCCCCCCCCCCCCCCCCCCCCCCCC. The van der Waals surface area contributed by atoms with Crippen molar-refractivity contribution in [3.8, 4) is 0 Å². The van der Waals surface area contributed by atoms with Crippen molar-refractivity contribution in [2.24, 2.45) is 0 Å². The molecule has 0 rings (SSSR count). The molecule has 8 nitrogen and oxygen atoms in total. The lowest BCUT2D eigenvalue weighted by molar-refractivity contribution is -0.870. The zero-order valence-corrected chi connectivity index (χ0v) is 55.1. The van der Waals surface area contributed by atoms with E-state index >= 15 is 0 Å². The normalized spacial score (nSPS) is 14.4. The Morgan fingerprint density at radius 2 is 0.744 bits per heavy atom. The largest absolute Gasteiger partial charge is 0.756 e. The van der Waals surface area contributed by atoms with Crippen molar-refractivity contribution >= 4 is 13.7 Å². The van der Waals surface area contributed by atoms with E-state index in [9.17, 15) is 19.4 Å². The van der Waals surface area contributed by atoms with Crippen LogP contribution in [0.25, 0.3) is 0 Å². The van der Waals surface area contributed by atoms with Crippen LogP contribution in [-0.4, -0.2) is 68.5 Å². The Balaban J connectivity index is 4.18. The third-order valence-corrected chi connectivity index (χ3v) is 16.0. The number of carbonyl (C=O) groups is 1. The molecule has 0 fully saturated rings. The number of carbonyl (C=O) groups excluding carboxylic acids is 1. The van der Waals surface area contributed by atoms with Gasteiger partial charge in [0.05, 0.1) is 39.9 Å². The monoisotopic (exact) mass is 1160 g/mol. The van der Waals surface area contributed by atoms with E-state index in [0.29, 0.717) is 17.4 Å². The third-order valence-electron chi connectivity index (χ3n) is 15.0. The number of nitrogens with zero attached hydrogens (tertiary/aromatic N) is 1. The molecule has 0 saturated carbocycles. The van der Waals surface area contributed by atoms with Gasteiger partial charge >= 0.3 is 0 Å². The third kappa shape index (κ3) is 64.7. The molecule has 3 atom stereocenters. The highest BCUT2D eigenvalue weighted by atomic mass is 31.2. The van der Waals surface area contributed by atoms with Gasteiger partial charge in [-0.25, -0.2) is 0 Å². The Labute approximate surface area is 508 Å². The first-order valence-electron chi connectivity index (χ1n) is 34.2. The summed E-state index contributed by atoms with van der Waals surface area (Å²) in [5.74, 6) is -0.223. The van der Waals surface area contributed by atoms with Crippen LogP contribution in [0.3, 0.4) is 0 Å². The Morgan fingerprint density at radius 3 is 1.09 bits per heavy atom. The molecule has 9 heteroatoms. The maximum absolute atomic E-state index is 13.0. The van der Waals surface area contributed by atoms with Crippen LogP contribution < -0.4 is 10.2 Å². The zero-order chi connectivity index (χ0) is 59.8. The van der Waals surface area contributed by atoms with Gasteiger partial charge in [0, 0.05) is 6.42 Å². The van der Waals surface area contributed by atoms with Crippen LogP contribution in [0, 0.1) is 0 Å². The number of rotatable bonds is 62. The summed E-state index contributed by atoms with van der Waals surface area (Å²) >= 11 is 0. The summed E-state index contributed by atoms with van der Waals surface area (Å²) in [6.07, 6.45) is 92.0. The van der Waals surface area contributed by atoms with Gasteiger partial charge < -0.3 is 28.8 Å². The fourth-order valence-corrected chi connectivity index (χ4v) is 10.4. The molecule has 2 N–H and O–H groups in total. The van der Waals surface area contributed by atoms with Crippen LogP contribution in [0.2, 0.25) is 0 Å². The predicted molar refractivity (Wildman–Crippen MR) is 357 cm³/mol. The Bertz CT molecular complexity index is 1700. The van der Waals surface area contributed by atoms with Crippen LogP contribution in [-0.2, 0) is 18.4 Å². The first kappa shape index (κ1) is 79.2. The number of quaternary nitrogens is 1. The number of unbranched alkanes of at least 4 members (excludes halogenated alkanes) is 33. The van der Waals surface area contributed by atoms with Crippen molar-refractivity contribution < 1.29 is 32.9 Å². The summed E-state index contributed by atoms with van der Waals surface area (Å²) in [7, 11) is 1.23. The van der Waals surface area contributed by atoms with E-state index in [4.69, 9.17) is 9.05 Å². The molecule has 1 amide bonds. The molecular weight excluding hydrogens is 1030 g/mol. The summed E-state index contributed by atoms with van der Waals surface area (Å²) in [6.45, 7) is 4.54. The topological polar surface area (TPSA) is 108 Å². The number of amides is 1. The quantitative estimate of drug-likeness (QED) is 0.0272. The van der Waals surface area contributed by atoms with E-state index in [1.165, 1.54) is 173 Å². The number of hydrogen-bond acceptors (Lipinski definition) is 6. The number of hydrogen-bond donors (Lipinski definition) is 2. The highest BCUT2D eigenvalue weighted by Crippen LogP contribution is 2.38. The Morgan fingerprint density at radius 1 is 0.439 bits per heavy atom. The Kier molecular flexibility index (Phi) is 60.5. The summed E-state index contributed by atoms with van der Waals surface area (Å²) in [4.78, 5) is 25.6. The number of allylic oxidation sites excluding steroid dienone is 17. The molecule has 0 aliphatic carbocycles. The van der Waals surface area contributed by atoms with Crippen molar-refractivity contribution in [1.29, 1.82) is 0 Å². The molecule has 0 radical (unpaired) electrons.